The molecule has 0 fully saturated rings. The fourth-order valence-corrected chi connectivity index (χ4v) is 4.09. The Hall–Kier alpha value is -1.76. The van der Waals surface area contributed by atoms with E-state index in [9.17, 15) is 0 Å². The van der Waals surface area contributed by atoms with Crippen LogP contribution in [-0.4, -0.2) is 0 Å². The van der Waals surface area contributed by atoms with Gasteiger partial charge in [-0.2, -0.15) is 0 Å². The van der Waals surface area contributed by atoms with Crippen molar-refractivity contribution < 1.29 is 0 Å². The monoisotopic (exact) mass is 277 g/mol. The molecule has 0 bridgehead atoms. The highest BCUT2D eigenvalue weighted by atomic mass is 14.9. The van der Waals surface area contributed by atoms with Gasteiger partial charge in [0.15, 0.2) is 0 Å². The maximum atomic E-state index is 3.82. The molecule has 0 saturated heterocycles. The average Bonchev–Trinajstić information content (AvgIpc) is 3.01. The van der Waals surface area contributed by atoms with E-state index in [0.717, 1.165) is 6.42 Å². The van der Waals surface area contributed by atoms with E-state index < -0.39 is 0 Å². The summed E-state index contributed by atoms with van der Waals surface area (Å²) < 4.78 is 0. The lowest BCUT2D eigenvalue weighted by molar-refractivity contribution is 0.337. The second kappa shape index (κ2) is 4.62. The summed E-state index contributed by atoms with van der Waals surface area (Å²) in [4.78, 5) is 0. The number of benzene rings is 2. The van der Waals surface area contributed by atoms with Crippen LogP contribution in [-0.2, 0) is 19.3 Å². The molecule has 1 nitrogen and oxygen atoms in total. The molecule has 2 aromatic rings. The first-order chi connectivity index (χ1) is 10.1. The van der Waals surface area contributed by atoms with Crippen LogP contribution in [0.2, 0.25) is 0 Å². The molecule has 0 aromatic heterocycles. The third-order valence-electron chi connectivity index (χ3n) is 5.20. The molecule has 108 valence electrons. The van der Waals surface area contributed by atoms with Crippen molar-refractivity contribution in [1.29, 1.82) is 0 Å². The Morgan fingerprint density at radius 3 is 2.67 bits per heavy atom. The second-order valence-corrected chi connectivity index (χ2v) is 7.28. The molecule has 2 aromatic carbocycles. The molecule has 1 heteroatoms. The summed E-state index contributed by atoms with van der Waals surface area (Å²) in [6.45, 7) is 4.75. The molecule has 0 radical (unpaired) electrons. The fourth-order valence-electron chi connectivity index (χ4n) is 4.09. The molecule has 4 rings (SSSR count). The summed E-state index contributed by atoms with van der Waals surface area (Å²) in [5, 5.41) is 3.82. The average molecular weight is 277 g/mol. The smallest absolute Gasteiger partial charge is 0.0570 e. The molecular formula is C20H23N. The number of fused-ring (bicyclic) bond motifs is 2. The van der Waals surface area contributed by atoms with Crippen LogP contribution < -0.4 is 5.32 Å². The molecule has 1 N–H and O–H groups in total. The molecule has 0 amide bonds. The zero-order chi connectivity index (χ0) is 14.4. The highest BCUT2D eigenvalue weighted by molar-refractivity contribution is 5.53. The Morgan fingerprint density at radius 1 is 0.952 bits per heavy atom. The quantitative estimate of drug-likeness (QED) is 0.822. The number of anilines is 1. The van der Waals surface area contributed by atoms with Gasteiger partial charge in [-0.1, -0.05) is 44.2 Å². The fraction of sp³-hybridized carbons (Fsp3) is 0.400. The lowest BCUT2D eigenvalue weighted by atomic mass is 9.85. The summed E-state index contributed by atoms with van der Waals surface area (Å²) in [6.07, 6.45) is 4.98. The maximum Gasteiger partial charge on any atom is 0.0570 e. The molecule has 0 spiro atoms. The Morgan fingerprint density at radius 2 is 1.76 bits per heavy atom. The van der Waals surface area contributed by atoms with Gasteiger partial charge in [0.2, 0.25) is 0 Å². The van der Waals surface area contributed by atoms with Crippen molar-refractivity contribution in [2.45, 2.75) is 45.6 Å². The van der Waals surface area contributed by atoms with Gasteiger partial charge in [0.05, 0.1) is 6.04 Å². The topological polar surface area (TPSA) is 12.0 Å². The van der Waals surface area contributed by atoms with Gasteiger partial charge in [-0.25, -0.2) is 0 Å². The van der Waals surface area contributed by atoms with Crippen LogP contribution in [0.4, 0.5) is 5.69 Å². The van der Waals surface area contributed by atoms with Crippen LogP contribution in [0.15, 0.2) is 42.5 Å². The highest BCUT2D eigenvalue weighted by Gasteiger charge is 2.38. The van der Waals surface area contributed by atoms with Crippen molar-refractivity contribution in [3.63, 3.8) is 0 Å². The van der Waals surface area contributed by atoms with Gasteiger partial charge >= 0.3 is 0 Å². The summed E-state index contributed by atoms with van der Waals surface area (Å²) in [5.74, 6) is 0. The normalized spacial score (nSPS) is 21.9. The van der Waals surface area contributed by atoms with Crippen LogP contribution in [0.3, 0.4) is 0 Å². The number of hydrogen-bond acceptors (Lipinski definition) is 1. The van der Waals surface area contributed by atoms with E-state index in [4.69, 9.17) is 0 Å². The predicted octanol–water partition coefficient (Wildman–Crippen LogP) is 4.91. The summed E-state index contributed by atoms with van der Waals surface area (Å²) in [5.41, 5.74) is 7.62. The Balaban J connectivity index is 1.67. The Bertz CT molecular complexity index is 684. The van der Waals surface area contributed by atoms with Gasteiger partial charge in [-0.05, 0) is 65.5 Å². The van der Waals surface area contributed by atoms with Crippen LogP contribution in [0.1, 0.15) is 48.6 Å². The lowest BCUT2D eigenvalue weighted by Crippen LogP contribution is -2.24. The van der Waals surface area contributed by atoms with Gasteiger partial charge < -0.3 is 5.32 Å². The number of hydrogen-bond donors (Lipinski definition) is 1. The molecule has 0 saturated carbocycles. The highest BCUT2D eigenvalue weighted by Crippen LogP contribution is 2.46. The van der Waals surface area contributed by atoms with Crippen LogP contribution in [0.5, 0.6) is 0 Å². The van der Waals surface area contributed by atoms with Crippen molar-refractivity contribution in [2.24, 2.45) is 5.41 Å². The van der Waals surface area contributed by atoms with E-state index in [2.05, 4.69) is 61.6 Å². The van der Waals surface area contributed by atoms with Gasteiger partial charge in [-0.15, -0.1) is 0 Å². The van der Waals surface area contributed by atoms with E-state index >= 15 is 0 Å². The maximum absolute atomic E-state index is 3.82. The van der Waals surface area contributed by atoms with Crippen LogP contribution >= 0.6 is 0 Å². The second-order valence-electron chi connectivity index (χ2n) is 7.28. The zero-order valence-corrected chi connectivity index (χ0v) is 12.9. The third-order valence-corrected chi connectivity index (χ3v) is 5.20. The predicted molar refractivity (Wildman–Crippen MR) is 88.8 cm³/mol. The van der Waals surface area contributed by atoms with E-state index in [0.29, 0.717) is 6.04 Å². The number of rotatable bonds is 2. The number of nitrogens with one attached hydrogen (secondary N) is 1. The minimum atomic E-state index is 0.267. The van der Waals surface area contributed by atoms with Gasteiger partial charge in [0.1, 0.15) is 0 Å². The van der Waals surface area contributed by atoms with Crippen molar-refractivity contribution in [3.8, 4) is 0 Å². The molecular weight excluding hydrogens is 254 g/mol. The van der Waals surface area contributed by atoms with Crippen LogP contribution in [0.25, 0.3) is 0 Å². The Kier molecular flexibility index (Phi) is 2.85. The minimum absolute atomic E-state index is 0.267. The van der Waals surface area contributed by atoms with Crippen molar-refractivity contribution in [1.82, 2.24) is 0 Å². The standard InChI is InChI=1S/C20H23N/c1-20(2)13-16-6-3-4-9-18(16)19(20)21-17-11-10-14-7-5-8-15(14)12-17/h3-4,6,9-12,19,21H,5,7-8,13H2,1-2H3. The first kappa shape index (κ1) is 12.9. The molecule has 1 unspecified atom stereocenters. The molecule has 1 atom stereocenters. The van der Waals surface area contributed by atoms with E-state index in [1.807, 2.05) is 0 Å². The summed E-state index contributed by atoms with van der Waals surface area (Å²) in [7, 11) is 0. The van der Waals surface area contributed by atoms with Gasteiger partial charge in [0.25, 0.3) is 0 Å². The summed E-state index contributed by atoms with van der Waals surface area (Å²) >= 11 is 0. The lowest BCUT2D eigenvalue weighted by Gasteiger charge is -2.29. The largest absolute Gasteiger partial charge is 0.378 e. The van der Waals surface area contributed by atoms with E-state index in [1.54, 1.807) is 11.1 Å². The third kappa shape index (κ3) is 2.16. The molecule has 2 aliphatic carbocycles. The van der Waals surface area contributed by atoms with Crippen molar-refractivity contribution in [3.05, 3.63) is 64.7 Å². The van der Waals surface area contributed by atoms with Crippen molar-refractivity contribution >= 4 is 5.69 Å². The Labute approximate surface area is 127 Å². The van der Waals surface area contributed by atoms with E-state index in [-0.39, 0.29) is 5.41 Å². The molecule has 21 heavy (non-hydrogen) atoms. The molecule has 0 heterocycles. The van der Waals surface area contributed by atoms with E-state index in [1.165, 1.54) is 36.1 Å². The molecule has 0 aliphatic heterocycles. The first-order valence-corrected chi connectivity index (χ1v) is 8.10. The summed E-state index contributed by atoms with van der Waals surface area (Å²) in [6, 6.07) is 16.3. The zero-order valence-electron chi connectivity index (χ0n) is 12.9. The SMILES string of the molecule is CC1(C)Cc2ccccc2C1Nc1ccc2c(c1)CCC2. The first-order valence-electron chi connectivity index (χ1n) is 8.10. The molecule has 2 aliphatic rings. The van der Waals surface area contributed by atoms with Gasteiger partial charge in [0, 0.05) is 5.69 Å². The van der Waals surface area contributed by atoms with Crippen molar-refractivity contribution in [2.75, 3.05) is 5.32 Å². The minimum Gasteiger partial charge on any atom is -0.378 e. The number of aryl methyl sites for hydroxylation is 2. The van der Waals surface area contributed by atoms with Crippen LogP contribution in [0, 0.1) is 5.41 Å². The van der Waals surface area contributed by atoms with Gasteiger partial charge in [-0.3, -0.25) is 0 Å².